The van der Waals surface area contributed by atoms with Crippen LogP contribution in [0, 0.1) is 5.92 Å². The Bertz CT molecular complexity index is 439. The van der Waals surface area contributed by atoms with Crippen molar-refractivity contribution in [1.29, 1.82) is 0 Å². The van der Waals surface area contributed by atoms with E-state index in [1.165, 1.54) is 5.57 Å². The average Bonchev–Trinajstić information content (AvgIpc) is 2.51. The van der Waals surface area contributed by atoms with E-state index in [2.05, 4.69) is 12.2 Å². The van der Waals surface area contributed by atoms with E-state index in [1.807, 2.05) is 43.4 Å². The molecule has 0 spiro atoms. The largest absolute Gasteiger partial charge is 0.462 e. The lowest BCUT2D eigenvalue weighted by molar-refractivity contribution is -0.138. The summed E-state index contributed by atoms with van der Waals surface area (Å²) >= 11 is 0. The molecule has 2 nitrogen and oxygen atoms in total. The van der Waals surface area contributed by atoms with Crippen molar-refractivity contribution in [2.24, 2.45) is 5.92 Å². The van der Waals surface area contributed by atoms with Crippen LogP contribution in [0.25, 0.3) is 0 Å². The number of rotatable bonds is 2. The van der Waals surface area contributed by atoms with E-state index < -0.39 is 0 Å². The number of fused-ring (bicyclic) bond motifs is 1. The van der Waals surface area contributed by atoms with E-state index in [-0.39, 0.29) is 28.9 Å². The second kappa shape index (κ2) is 6.40. The molecule has 3 heteroatoms. The maximum atomic E-state index is 11.5. The number of carbonyl (C=O) groups excluding carboxylic acids is 1. The van der Waals surface area contributed by atoms with Crippen LogP contribution in [0.5, 0.6) is 0 Å². The lowest BCUT2D eigenvalue weighted by Gasteiger charge is -2.10. The van der Waals surface area contributed by atoms with Crippen molar-refractivity contribution in [2.75, 3.05) is 6.61 Å². The van der Waals surface area contributed by atoms with Crippen molar-refractivity contribution < 1.29 is 9.53 Å². The molecule has 2 aliphatic carbocycles. The number of halogens is 1. The zero-order valence-electron chi connectivity index (χ0n) is 9.63. The van der Waals surface area contributed by atoms with Crippen LogP contribution in [0.3, 0.4) is 0 Å². The SMILES string of the molecule is Br.CCOC(=O)C1=CC=C2C=CC=CC2C=C1. The molecule has 2 rings (SSSR count). The highest BCUT2D eigenvalue weighted by molar-refractivity contribution is 8.93. The molecule has 17 heavy (non-hydrogen) atoms. The molecule has 2 aliphatic rings. The van der Waals surface area contributed by atoms with Gasteiger partial charge in [-0.05, 0) is 18.6 Å². The molecule has 1 unspecified atom stereocenters. The second-order valence-corrected chi connectivity index (χ2v) is 3.64. The molecule has 0 aromatic heterocycles. The van der Waals surface area contributed by atoms with Gasteiger partial charge in [-0.15, -0.1) is 17.0 Å². The van der Waals surface area contributed by atoms with Gasteiger partial charge < -0.3 is 4.74 Å². The van der Waals surface area contributed by atoms with Gasteiger partial charge in [-0.2, -0.15) is 0 Å². The summed E-state index contributed by atoms with van der Waals surface area (Å²) in [7, 11) is 0. The molecule has 0 saturated heterocycles. The molecule has 1 atom stereocenters. The fourth-order valence-electron chi connectivity index (χ4n) is 1.71. The van der Waals surface area contributed by atoms with Crippen LogP contribution >= 0.6 is 17.0 Å². The molecular weight excluding hydrogens is 280 g/mol. The number of carbonyl (C=O) groups is 1. The molecule has 0 aliphatic heterocycles. The van der Waals surface area contributed by atoms with Gasteiger partial charge in [0, 0.05) is 5.92 Å². The van der Waals surface area contributed by atoms with Gasteiger partial charge in [0.2, 0.25) is 0 Å². The second-order valence-electron chi connectivity index (χ2n) is 3.64. The quantitative estimate of drug-likeness (QED) is 0.731. The first kappa shape index (κ1) is 13.7. The summed E-state index contributed by atoms with van der Waals surface area (Å²) in [6, 6.07) is 0. The Kier molecular flexibility index (Phi) is 5.16. The Balaban J connectivity index is 0.00000144. The van der Waals surface area contributed by atoms with E-state index in [1.54, 1.807) is 0 Å². The highest BCUT2D eigenvalue weighted by atomic mass is 79.9. The summed E-state index contributed by atoms with van der Waals surface area (Å²) in [6.07, 6.45) is 15.8. The topological polar surface area (TPSA) is 26.3 Å². The average molecular weight is 295 g/mol. The molecule has 0 radical (unpaired) electrons. The van der Waals surface area contributed by atoms with Crippen LogP contribution in [-0.4, -0.2) is 12.6 Å². The standard InChI is InChI=1S/C14H14O2.BrH/c1-2-16-14(15)13-9-7-11-5-3-4-6-12(11)8-10-13;/h3-11H,2H2,1H3;1H. The van der Waals surface area contributed by atoms with Gasteiger partial charge in [-0.25, -0.2) is 4.79 Å². The Morgan fingerprint density at radius 2 is 2.06 bits per heavy atom. The first-order valence-corrected chi connectivity index (χ1v) is 5.43. The molecule has 0 aromatic rings. The van der Waals surface area contributed by atoms with Crippen molar-refractivity contribution in [3.05, 3.63) is 59.8 Å². The van der Waals surface area contributed by atoms with E-state index in [0.717, 1.165) is 0 Å². The number of esters is 1. The maximum Gasteiger partial charge on any atom is 0.338 e. The highest BCUT2D eigenvalue weighted by Crippen LogP contribution is 2.23. The Hall–Kier alpha value is -1.35. The van der Waals surface area contributed by atoms with Crippen molar-refractivity contribution in [3.63, 3.8) is 0 Å². The van der Waals surface area contributed by atoms with Crippen molar-refractivity contribution >= 4 is 23.0 Å². The first-order valence-electron chi connectivity index (χ1n) is 5.43. The predicted octanol–water partition coefficient (Wildman–Crippen LogP) is 3.29. The van der Waals surface area contributed by atoms with Gasteiger partial charge in [0.1, 0.15) is 0 Å². The molecule has 0 fully saturated rings. The number of hydrogen-bond acceptors (Lipinski definition) is 2. The summed E-state index contributed by atoms with van der Waals surface area (Å²) < 4.78 is 4.97. The zero-order valence-corrected chi connectivity index (χ0v) is 11.3. The van der Waals surface area contributed by atoms with Gasteiger partial charge >= 0.3 is 5.97 Å². The minimum absolute atomic E-state index is 0. The van der Waals surface area contributed by atoms with Gasteiger partial charge in [0.15, 0.2) is 0 Å². The molecule has 0 heterocycles. The molecule has 0 aromatic carbocycles. The molecule has 90 valence electrons. The number of hydrogen-bond donors (Lipinski definition) is 0. The number of ether oxygens (including phenoxy) is 1. The van der Waals surface area contributed by atoms with Crippen LogP contribution in [0.1, 0.15) is 6.92 Å². The summed E-state index contributed by atoms with van der Waals surface area (Å²) in [4.78, 5) is 11.5. The van der Waals surface area contributed by atoms with Crippen LogP contribution < -0.4 is 0 Å². The van der Waals surface area contributed by atoms with Crippen LogP contribution in [0.2, 0.25) is 0 Å². The van der Waals surface area contributed by atoms with E-state index >= 15 is 0 Å². The number of allylic oxidation sites excluding steroid dienone is 8. The lowest BCUT2D eigenvalue weighted by Crippen LogP contribution is -2.05. The summed E-state index contributed by atoms with van der Waals surface area (Å²) in [5, 5.41) is 0. The molecule has 0 N–H and O–H groups in total. The Labute approximate surface area is 112 Å². The van der Waals surface area contributed by atoms with Crippen LogP contribution in [0.15, 0.2) is 59.8 Å². The van der Waals surface area contributed by atoms with E-state index in [4.69, 9.17) is 4.74 Å². The van der Waals surface area contributed by atoms with Crippen molar-refractivity contribution in [1.82, 2.24) is 0 Å². The maximum absolute atomic E-state index is 11.5. The fourth-order valence-corrected chi connectivity index (χ4v) is 1.71. The lowest BCUT2D eigenvalue weighted by atomic mass is 9.95. The molecule has 0 saturated carbocycles. The Morgan fingerprint density at radius 1 is 1.24 bits per heavy atom. The minimum atomic E-state index is -0.262. The third-order valence-electron chi connectivity index (χ3n) is 2.55. The normalized spacial score (nSPS) is 20.6. The van der Waals surface area contributed by atoms with Crippen molar-refractivity contribution in [2.45, 2.75) is 6.92 Å². The fraction of sp³-hybridized carbons (Fsp3) is 0.214. The van der Waals surface area contributed by atoms with Crippen molar-refractivity contribution in [3.8, 4) is 0 Å². The van der Waals surface area contributed by atoms with Crippen LogP contribution in [-0.2, 0) is 9.53 Å². The van der Waals surface area contributed by atoms with Crippen LogP contribution in [0.4, 0.5) is 0 Å². The third kappa shape index (κ3) is 3.30. The zero-order chi connectivity index (χ0) is 11.4. The van der Waals surface area contributed by atoms with Gasteiger partial charge in [-0.3, -0.25) is 0 Å². The highest BCUT2D eigenvalue weighted by Gasteiger charge is 2.13. The van der Waals surface area contributed by atoms with Gasteiger partial charge in [0.05, 0.1) is 12.2 Å². The molecular formula is C14H15BrO2. The first-order chi connectivity index (χ1) is 7.81. The molecule has 0 bridgehead atoms. The smallest absolute Gasteiger partial charge is 0.338 e. The summed E-state index contributed by atoms with van der Waals surface area (Å²) in [6.45, 7) is 2.21. The van der Waals surface area contributed by atoms with Gasteiger partial charge in [0.25, 0.3) is 0 Å². The molecule has 0 amide bonds. The van der Waals surface area contributed by atoms with E-state index in [0.29, 0.717) is 12.2 Å². The summed E-state index contributed by atoms with van der Waals surface area (Å²) in [5.74, 6) is 0.00961. The van der Waals surface area contributed by atoms with E-state index in [9.17, 15) is 4.79 Å². The third-order valence-corrected chi connectivity index (χ3v) is 2.55. The predicted molar refractivity (Wildman–Crippen MR) is 74.0 cm³/mol. The Morgan fingerprint density at radius 3 is 2.82 bits per heavy atom. The summed E-state index contributed by atoms with van der Waals surface area (Å²) in [5.41, 5.74) is 1.79. The van der Waals surface area contributed by atoms with Gasteiger partial charge in [-0.1, -0.05) is 42.5 Å². The monoisotopic (exact) mass is 294 g/mol. The minimum Gasteiger partial charge on any atom is -0.462 e.